The van der Waals surface area contributed by atoms with Crippen LogP contribution < -0.4 is 0 Å². The highest BCUT2D eigenvalue weighted by molar-refractivity contribution is 5.23. The van der Waals surface area contributed by atoms with Crippen LogP contribution in [0.15, 0.2) is 24.3 Å². The molecule has 0 radical (unpaired) electrons. The molecule has 0 saturated carbocycles. The van der Waals surface area contributed by atoms with Crippen LogP contribution in [0.1, 0.15) is 17.2 Å². The maximum atomic E-state index is 10.0. The van der Waals surface area contributed by atoms with Gasteiger partial charge in [-0.05, 0) is 12.5 Å². The molecule has 1 unspecified atom stereocenters. The summed E-state index contributed by atoms with van der Waals surface area (Å²) in [5.41, 5.74) is 2.01. The number of aliphatic hydroxyl groups is 3. The highest BCUT2D eigenvalue weighted by atomic mass is 16.3. The SMILES string of the molecule is Cc1ccc(C(O)CN(CCO)CCO)cc1. The summed E-state index contributed by atoms with van der Waals surface area (Å²) in [7, 11) is 0. The van der Waals surface area contributed by atoms with E-state index < -0.39 is 6.10 Å². The van der Waals surface area contributed by atoms with Crippen LogP contribution in [0.2, 0.25) is 0 Å². The van der Waals surface area contributed by atoms with E-state index in [9.17, 15) is 5.11 Å². The minimum absolute atomic E-state index is 0.0284. The first-order valence-corrected chi connectivity index (χ1v) is 5.86. The third kappa shape index (κ3) is 4.83. The van der Waals surface area contributed by atoms with Gasteiger partial charge in [-0.15, -0.1) is 0 Å². The number of benzene rings is 1. The number of hydrogen-bond donors (Lipinski definition) is 3. The van der Waals surface area contributed by atoms with Crippen molar-refractivity contribution in [1.82, 2.24) is 4.90 Å². The molecule has 4 nitrogen and oxygen atoms in total. The Bertz CT molecular complexity index is 307. The zero-order valence-electron chi connectivity index (χ0n) is 10.2. The quantitative estimate of drug-likeness (QED) is 0.641. The summed E-state index contributed by atoms with van der Waals surface area (Å²) in [6, 6.07) is 7.72. The maximum Gasteiger partial charge on any atom is 0.0916 e. The van der Waals surface area contributed by atoms with E-state index in [0.717, 1.165) is 11.1 Å². The van der Waals surface area contributed by atoms with Crippen molar-refractivity contribution in [3.05, 3.63) is 35.4 Å². The van der Waals surface area contributed by atoms with Gasteiger partial charge in [0.25, 0.3) is 0 Å². The van der Waals surface area contributed by atoms with E-state index in [-0.39, 0.29) is 13.2 Å². The van der Waals surface area contributed by atoms with E-state index in [0.29, 0.717) is 19.6 Å². The van der Waals surface area contributed by atoms with Crippen molar-refractivity contribution in [2.75, 3.05) is 32.8 Å². The normalized spacial score (nSPS) is 13.0. The van der Waals surface area contributed by atoms with Crippen LogP contribution in [0, 0.1) is 6.92 Å². The summed E-state index contributed by atoms with van der Waals surface area (Å²) in [6.07, 6.45) is -0.589. The van der Waals surface area contributed by atoms with Crippen LogP contribution in [-0.2, 0) is 0 Å². The molecule has 0 heterocycles. The lowest BCUT2D eigenvalue weighted by atomic mass is 10.1. The zero-order chi connectivity index (χ0) is 12.7. The molecule has 3 N–H and O–H groups in total. The fraction of sp³-hybridized carbons (Fsp3) is 0.538. The molecular formula is C13H21NO3. The molecule has 1 aromatic rings. The first kappa shape index (κ1) is 14.1. The Balaban J connectivity index is 2.56. The smallest absolute Gasteiger partial charge is 0.0916 e. The molecule has 0 aliphatic carbocycles. The average molecular weight is 239 g/mol. The van der Waals surface area contributed by atoms with Crippen molar-refractivity contribution >= 4 is 0 Å². The van der Waals surface area contributed by atoms with E-state index in [4.69, 9.17) is 10.2 Å². The second-order valence-electron chi connectivity index (χ2n) is 4.17. The molecule has 1 rings (SSSR count). The Morgan fingerprint density at radius 1 is 1.06 bits per heavy atom. The lowest BCUT2D eigenvalue weighted by molar-refractivity contribution is 0.0874. The molecule has 0 bridgehead atoms. The number of rotatable bonds is 7. The van der Waals surface area contributed by atoms with Crippen LogP contribution in [0.25, 0.3) is 0 Å². The molecule has 96 valence electrons. The fourth-order valence-electron chi connectivity index (χ4n) is 1.72. The molecule has 4 heteroatoms. The fourth-order valence-corrected chi connectivity index (χ4v) is 1.72. The second-order valence-corrected chi connectivity index (χ2v) is 4.17. The molecule has 0 aromatic heterocycles. The summed E-state index contributed by atoms with van der Waals surface area (Å²) in [5, 5.41) is 27.8. The Labute approximate surface area is 102 Å². The summed E-state index contributed by atoms with van der Waals surface area (Å²) >= 11 is 0. The molecule has 0 aliphatic heterocycles. The first-order chi connectivity index (χ1) is 8.17. The number of nitrogens with zero attached hydrogens (tertiary/aromatic N) is 1. The molecule has 17 heavy (non-hydrogen) atoms. The molecule has 1 atom stereocenters. The van der Waals surface area contributed by atoms with Crippen molar-refractivity contribution in [3.63, 3.8) is 0 Å². The summed E-state index contributed by atoms with van der Waals surface area (Å²) in [5.74, 6) is 0. The number of aliphatic hydroxyl groups excluding tert-OH is 3. The predicted octanol–water partition coefficient (Wildman–Crippen LogP) is 0.315. The zero-order valence-corrected chi connectivity index (χ0v) is 10.2. The molecular weight excluding hydrogens is 218 g/mol. The van der Waals surface area contributed by atoms with Gasteiger partial charge in [0.1, 0.15) is 0 Å². The van der Waals surface area contributed by atoms with Gasteiger partial charge in [-0.2, -0.15) is 0 Å². The van der Waals surface area contributed by atoms with Gasteiger partial charge in [-0.1, -0.05) is 29.8 Å². The monoisotopic (exact) mass is 239 g/mol. The van der Waals surface area contributed by atoms with Crippen molar-refractivity contribution in [2.24, 2.45) is 0 Å². The van der Waals surface area contributed by atoms with Crippen LogP contribution in [0.5, 0.6) is 0 Å². The van der Waals surface area contributed by atoms with E-state index in [2.05, 4.69) is 0 Å². The van der Waals surface area contributed by atoms with Crippen LogP contribution in [-0.4, -0.2) is 53.1 Å². The van der Waals surface area contributed by atoms with Crippen molar-refractivity contribution in [3.8, 4) is 0 Å². The summed E-state index contributed by atoms with van der Waals surface area (Å²) in [4.78, 5) is 1.84. The van der Waals surface area contributed by atoms with Gasteiger partial charge < -0.3 is 15.3 Å². The Morgan fingerprint density at radius 3 is 2.06 bits per heavy atom. The Kier molecular flexibility index (Phi) is 6.15. The van der Waals surface area contributed by atoms with Gasteiger partial charge in [-0.25, -0.2) is 0 Å². The average Bonchev–Trinajstić information content (AvgIpc) is 2.30. The first-order valence-electron chi connectivity index (χ1n) is 5.86. The van der Waals surface area contributed by atoms with Crippen molar-refractivity contribution in [1.29, 1.82) is 0 Å². The molecule has 0 aliphatic rings. The molecule has 0 amide bonds. The Hall–Kier alpha value is -0.940. The molecule has 0 spiro atoms. The lowest BCUT2D eigenvalue weighted by Crippen LogP contribution is -2.33. The number of hydrogen-bond acceptors (Lipinski definition) is 4. The largest absolute Gasteiger partial charge is 0.395 e. The van der Waals surface area contributed by atoms with Gasteiger partial charge in [0.2, 0.25) is 0 Å². The second kappa shape index (κ2) is 7.40. The van der Waals surface area contributed by atoms with E-state index in [1.54, 1.807) is 0 Å². The van der Waals surface area contributed by atoms with Gasteiger partial charge in [0.15, 0.2) is 0 Å². The van der Waals surface area contributed by atoms with Gasteiger partial charge in [0, 0.05) is 19.6 Å². The van der Waals surface area contributed by atoms with Gasteiger partial charge in [0.05, 0.1) is 19.3 Å². The minimum Gasteiger partial charge on any atom is -0.395 e. The summed E-state index contributed by atoms with van der Waals surface area (Å²) < 4.78 is 0. The topological polar surface area (TPSA) is 63.9 Å². The molecule has 0 saturated heterocycles. The number of aryl methyl sites for hydroxylation is 1. The van der Waals surface area contributed by atoms with Crippen molar-refractivity contribution in [2.45, 2.75) is 13.0 Å². The Morgan fingerprint density at radius 2 is 1.59 bits per heavy atom. The third-order valence-electron chi connectivity index (χ3n) is 2.73. The van der Waals surface area contributed by atoms with E-state index in [1.807, 2.05) is 36.1 Å². The lowest BCUT2D eigenvalue weighted by Gasteiger charge is -2.23. The van der Waals surface area contributed by atoms with Gasteiger partial charge >= 0.3 is 0 Å². The van der Waals surface area contributed by atoms with Crippen LogP contribution in [0.4, 0.5) is 0 Å². The highest BCUT2D eigenvalue weighted by Gasteiger charge is 2.12. The third-order valence-corrected chi connectivity index (χ3v) is 2.73. The van der Waals surface area contributed by atoms with Gasteiger partial charge in [-0.3, -0.25) is 4.90 Å². The highest BCUT2D eigenvalue weighted by Crippen LogP contribution is 2.14. The van der Waals surface area contributed by atoms with E-state index in [1.165, 1.54) is 0 Å². The molecule has 0 fully saturated rings. The van der Waals surface area contributed by atoms with E-state index >= 15 is 0 Å². The minimum atomic E-state index is -0.589. The van der Waals surface area contributed by atoms with Crippen LogP contribution >= 0.6 is 0 Å². The summed E-state index contributed by atoms with van der Waals surface area (Å²) in [6.45, 7) is 3.40. The van der Waals surface area contributed by atoms with Crippen LogP contribution in [0.3, 0.4) is 0 Å². The maximum absolute atomic E-state index is 10.0. The molecule has 1 aromatic carbocycles. The predicted molar refractivity (Wildman–Crippen MR) is 66.8 cm³/mol. The standard InChI is InChI=1S/C13H21NO3/c1-11-2-4-12(5-3-11)13(17)10-14(6-8-15)7-9-16/h2-5,13,15-17H,6-10H2,1H3. The van der Waals surface area contributed by atoms with Crippen molar-refractivity contribution < 1.29 is 15.3 Å².